The van der Waals surface area contributed by atoms with Crippen LogP contribution in [-0.4, -0.2) is 76.7 Å². The number of nitrogens with zero attached hydrogens (tertiary/aromatic N) is 3. The molecule has 1 aliphatic rings. The van der Waals surface area contributed by atoms with Crippen LogP contribution in [0.25, 0.3) is 0 Å². The normalized spacial score (nSPS) is 16.9. The lowest BCUT2D eigenvalue weighted by atomic mass is 10.1. The van der Waals surface area contributed by atoms with Crippen molar-refractivity contribution in [1.82, 2.24) is 19.5 Å². The van der Waals surface area contributed by atoms with Gasteiger partial charge < -0.3 is 14.4 Å². The van der Waals surface area contributed by atoms with Crippen molar-refractivity contribution >= 4 is 10.0 Å². The monoisotopic (exact) mass is 434 g/mol. The van der Waals surface area contributed by atoms with Gasteiger partial charge in [0.1, 0.15) is 0 Å². The van der Waals surface area contributed by atoms with Crippen molar-refractivity contribution < 1.29 is 17.9 Å². The summed E-state index contributed by atoms with van der Waals surface area (Å²) in [5, 5.41) is 0. The highest BCUT2D eigenvalue weighted by atomic mass is 32.2. The maximum absolute atomic E-state index is 13.0. The molecule has 1 saturated heterocycles. The van der Waals surface area contributed by atoms with Crippen LogP contribution in [0.3, 0.4) is 0 Å². The van der Waals surface area contributed by atoms with E-state index in [0.29, 0.717) is 11.5 Å². The quantitative estimate of drug-likeness (QED) is 0.644. The van der Waals surface area contributed by atoms with E-state index in [4.69, 9.17) is 9.47 Å². The highest BCUT2D eigenvalue weighted by Crippen LogP contribution is 2.29. The fraction of sp³-hybridized carbons (Fsp3) is 0.476. The summed E-state index contributed by atoms with van der Waals surface area (Å²) in [6.07, 6.45) is 3.53. The summed E-state index contributed by atoms with van der Waals surface area (Å²) in [6, 6.07) is 8.37. The third kappa shape index (κ3) is 5.28. The van der Waals surface area contributed by atoms with Crippen molar-refractivity contribution in [1.29, 1.82) is 0 Å². The molecule has 0 radical (unpaired) electrons. The number of piperazine rings is 1. The standard InChI is InChI=1S/C21H30N4O4S/c1-4-24-10-12-25(13-11-24)19(17-6-5-9-22-15-17)16-23-30(26,27)18-7-8-20(28-2)21(14-18)29-3/h5-9,14-15,19,23H,4,10-13,16H2,1-3H3/t19-/m0/s1. The predicted octanol–water partition coefficient (Wildman–Crippen LogP) is 1.76. The van der Waals surface area contributed by atoms with Crippen LogP contribution >= 0.6 is 0 Å². The van der Waals surface area contributed by atoms with Gasteiger partial charge in [0.05, 0.1) is 19.1 Å². The highest BCUT2D eigenvalue weighted by molar-refractivity contribution is 7.89. The third-order valence-corrected chi connectivity index (χ3v) is 6.92. The van der Waals surface area contributed by atoms with Crippen molar-refractivity contribution in [2.75, 3.05) is 53.5 Å². The van der Waals surface area contributed by atoms with Gasteiger partial charge in [-0.3, -0.25) is 9.88 Å². The van der Waals surface area contributed by atoms with E-state index in [1.807, 2.05) is 18.3 Å². The Morgan fingerprint density at radius 1 is 1.10 bits per heavy atom. The number of methoxy groups -OCH3 is 2. The number of ether oxygens (including phenoxy) is 2. The van der Waals surface area contributed by atoms with Crippen LogP contribution in [0, 0.1) is 0 Å². The first kappa shape index (κ1) is 22.5. The molecule has 1 atom stereocenters. The maximum Gasteiger partial charge on any atom is 0.240 e. The molecule has 1 aromatic carbocycles. The number of sulfonamides is 1. The third-order valence-electron chi connectivity index (χ3n) is 5.50. The number of benzene rings is 1. The van der Waals surface area contributed by atoms with E-state index in [2.05, 4.69) is 26.4 Å². The fourth-order valence-corrected chi connectivity index (χ4v) is 4.73. The minimum atomic E-state index is -3.72. The van der Waals surface area contributed by atoms with E-state index in [1.165, 1.54) is 26.4 Å². The average molecular weight is 435 g/mol. The molecule has 0 aliphatic carbocycles. The molecule has 0 amide bonds. The summed E-state index contributed by atoms with van der Waals surface area (Å²) in [6.45, 7) is 7.14. The molecular weight excluding hydrogens is 404 g/mol. The molecule has 2 heterocycles. The van der Waals surface area contributed by atoms with Gasteiger partial charge in [0.25, 0.3) is 0 Å². The van der Waals surface area contributed by atoms with Crippen LogP contribution in [-0.2, 0) is 10.0 Å². The SMILES string of the molecule is CCN1CCN([C@@H](CNS(=O)(=O)c2ccc(OC)c(OC)c2)c2cccnc2)CC1. The van der Waals surface area contributed by atoms with Crippen LogP contribution < -0.4 is 14.2 Å². The fourth-order valence-electron chi connectivity index (χ4n) is 3.68. The van der Waals surface area contributed by atoms with E-state index in [-0.39, 0.29) is 17.5 Å². The first-order valence-electron chi connectivity index (χ1n) is 10.1. The molecule has 0 spiro atoms. The second-order valence-electron chi connectivity index (χ2n) is 7.14. The molecule has 30 heavy (non-hydrogen) atoms. The van der Waals surface area contributed by atoms with Crippen molar-refractivity contribution in [3.8, 4) is 11.5 Å². The number of likely N-dealkylation sites (N-methyl/N-ethyl adjacent to an activating group) is 1. The second-order valence-corrected chi connectivity index (χ2v) is 8.91. The summed E-state index contributed by atoms with van der Waals surface area (Å²) in [7, 11) is -0.721. The zero-order valence-corrected chi connectivity index (χ0v) is 18.6. The van der Waals surface area contributed by atoms with Gasteiger partial charge in [0, 0.05) is 57.2 Å². The van der Waals surface area contributed by atoms with Gasteiger partial charge in [-0.25, -0.2) is 13.1 Å². The van der Waals surface area contributed by atoms with Crippen molar-refractivity contribution in [2.24, 2.45) is 0 Å². The molecule has 8 nitrogen and oxygen atoms in total. The molecule has 2 aromatic rings. The van der Waals surface area contributed by atoms with Crippen LogP contribution in [0.15, 0.2) is 47.6 Å². The molecule has 3 rings (SSSR count). The van der Waals surface area contributed by atoms with Gasteiger partial charge in [-0.1, -0.05) is 13.0 Å². The lowest BCUT2D eigenvalue weighted by Crippen LogP contribution is -2.49. The van der Waals surface area contributed by atoms with E-state index in [0.717, 1.165) is 38.3 Å². The molecule has 1 aliphatic heterocycles. The summed E-state index contributed by atoms with van der Waals surface area (Å²) in [5.41, 5.74) is 0.998. The number of rotatable bonds is 9. The van der Waals surface area contributed by atoms with Gasteiger partial charge in [-0.15, -0.1) is 0 Å². The Morgan fingerprint density at radius 2 is 1.83 bits per heavy atom. The van der Waals surface area contributed by atoms with E-state index < -0.39 is 10.0 Å². The van der Waals surface area contributed by atoms with Crippen molar-refractivity contribution in [3.05, 3.63) is 48.3 Å². The smallest absolute Gasteiger partial charge is 0.240 e. The molecule has 1 aromatic heterocycles. The average Bonchev–Trinajstić information content (AvgIpc) is 2.79. The highest BCUT2D eigenvalue weighted by Gasteiger charge is 2.27. The molecule has 0 unspecified atom stereocenters. The Kier molecular flexibility index (Phi) is 7.65. The lowest BCUT2D eigenvalue weighted by molar-refractivity contribution is 0.100. The Morgan fingerprint density at radius 3 is 2.43 bits per heavy atom. The van der Waals surface area contributed by atoms with Gasteiger partial charge in [-0.2, -0.15) is 0 Å². The van der Waals surface area contributed by atoms with E-state index >= 15 is 0 Å². The van der Waals surface area contributed by atoms with Crippen LogP contribution in [0.5, 0.6) is 11.5 Å². The maximum atomic E-state index is 13.0. The lowest BCUT2D eigenvalue weighted by Gasteiger charge is -2.39. The van der Waals surface area contributed by atoms with Crippen LogP contribution in [0.4, 0.5) is 0 Å². The first-order chi connectivity index (χ1) is 14.5. The Hall–Kier alpha value is -2.20. The Balaban J connectivity index is 1.78. The number of nitrogens with one attached hydrogen (secondary N) is 1. The van der Waals surface area contributed by atoms with Crippen molar-refractivity contribution in [2.45, 2.75) is 17.9 Å². The summed E-state index contributed by atoms with van der Waals surface area (Å²) < 4.78 is 39.2. The van der Waals surface area contributed by atoms with Gasteiger partial charge in [0.2, 0.25) is 10.0 Å². The molecule has 0 bridgehead atoms. The molecule has 9 heteroatoms. The van der Waals surface area contributed by atoms with Gasteiger partial charge in [0.15, 0.2) is 11.5 Å². The van der Waals surface area contributed by atoms with Gasteiger partial charge in [-0.05, 0) is 30.3 Å². The van der Waals surface area contributed by atoms with Crippen LogP contribution in [0.2, 0.25) is 0 Å². The summed E-state index contributed by atoms with van der Waals surface area (Å²) >= 11 is 0. The molecule has 1 N–H and O–H groups in total. The predicted molar refractivity (Wildman–Crippen MR) is 115 cm³/mol. The number of aromatic nitrogens is 1. The molecule has 0 saturated carbocycles. The minimum absolute atomic E-state index is 0.0902. The first-order valence-corrected chi connectivity index (χ1v) is 11.5. The number of hydrogen-bond donors (Lipinski definition) is 1. The largest absolute Gasteiger partial charge is 0.493 e. The van der Waals surface area contributed by atoms with E-state index in [1.54, 1.807) is 12.3 Å². The van der Waals surface area contributed by atoms with Gasteiger partial charge >= 0.3 is 0 Å². The van der Waals surface area contributed by atoms with E-state index in [9.17, 15) is 8.42 Å². The molecule has 164 valence electrons. The van der Waals surface area contributed by atoms with Crippen LogP contribution in [0.1, 0.15) is 18.5 Å². The Bertz CT molecular complexity index is 916. The number of hydrogen-bond acceptors (Lipinski definition) is 7. The molecule has 1 fully saturated rings. The Labute approximate surface area is 178 Å². The molecular formula is C21H30N4O4S. The van der Waals surface area contributed by atoms with Crippen molar-refractivity contribution in [3.63, 3.8) is 0 Å². The number of pyridine rings is 1. The summed E-state index contributed by atoms with van der Waals surface area (Å²) in [4.78, 5) is 9.08. The zero-order valence-electron chi connectivity index (χ0n) is 17.7. The zero-order chi connectivity index (χ0) is 21.6. The topological polar surface area (TPSA) is 84.0 Å². The summed E-state index contributed by atoms with van der Waals surface area (Å²) in [5.74, 6) is 0.860. The minimum Gasteiger partial charge on any atom is -0.493 e. The second kappa shape index (κ2) is 10.2.